The summed E-state index contributed by atoms with van der Waals surface area (Å²) in [6.07, 6.45) is 2.31. The molecule has 0 saturated carbocycles. The van der Waals surface area contributed by atoms with E-state index in [9.17, 15) is 13.2 Å². The summed E-state index contributed by atoms with van der Waals surface area (Å²) in [6.45, 7) is 0. The van der Waals surface area contributed by atoms with Gasteiger partial charge in [0.05, 0.1) is 10.6 Å². The lowest BCUT2D eigenvalue weighted by atomic mass is 9.91. The lowest BCUT2D eigenvalue weighted by Crippen LogP contribution is -2.23. The van der Waals surface area contributed by atoms with Gasteiger partial charge in [-0.05, 0) is 48.2 Å². The van der Waals surface area contributed by atoms with E-state index in [1.54, 1.807) is 29.3 Å². The Morgan fingerprint density at radius 2 is 1.79 bits per heavy atom. The van der Waals surface area contributed by atoms with Crippen molar-refractivity contribution in [3.05, 3.63) is 69.4 Å². The molecule has 4 nitrogen and oxygen atoms in total. The largest absolute Gasteiger partial charge is 0.324 e. The van der Waals surface area contributed by atoms with Gasteiger partial charge in [-0.3, -0.25) is 4.79 Å². The van der Waals surface area contributed by atoms with E-state index in [1.807, 2.05) is 30.5 Å². The minimum atomic E-state index is -3.76. The molecular weight excluding hydrogens is 434 g/mol. The van der Waals surface area contributed by atoms with Crippen molar-refractivity contribution in [2.24, 2.45) is 0 Å². The SMILES string of the molecule is CSc1ccc(C2CC(=O)Nc3c(S(=O)(=O)c4ccc(Cl)cc4)csc32)cc1. The average Bonchev–Trinajstić information content (AvgIpc) is 3.12. The fourth-order valence-corrected chi connectivity index (χ4v) is 6.69. The summed E-state index contributed by atoms with van der Waals surface area (Å²) in [4.78, 5) is 14.7. The van der Waals surface area contributed by atoms with Gasteiger partial charge in [0, 0.05) is 32.5 Å². The Labute approximate surface area is 176 Å². The first kappa shape index (κ1) is 19.5. The van der Waals surface area contributed by atoms with Crippen molar-refractivity contribution < 1.29 is 13.2 Å². The van der Waals surface area contributed by atoms with E-state index in [0.717, 1.165) is 15.3 Å². The molecule has 0 saturated heterocycles. The molecule has 0 spiro atoms. The minimum absolute atomic E-state index is 0.133. The molecule has 1 N–H and O–H groups in total. The van der Waals surface area contributed by atoms with Gasteiger partial charge in [-0.2, -0.15) is 0 Å². The highest BCUT2D eigenvalue weighted by atomic mass is 35.5. The van der Waals surface area contributed by atoms with Crippen LogP contribution in [0, 0.1) is 0 Å². The third-order valence-electron chi connectivity index (χ3n) is 4.69. The van der Waals surface area contributed by atoms with Crippen LogP contribution in [0.4, 0.5) is 5.69 Å². The molecule has 0 radical (unpaired) electrons. The smallest absolute Gasteiger partial charge is 0.225 e. The molecule has 1 unspecified atom stereocenters. The van der Waals surface area contributed by atoms with Crippen molar-refractivity contribution in [2.75, 3.05) is 11.6 Å². The summed E-state index contributed by atoms with van der Waals surface area (Å²) >= 11 is 8.90. The molecule has 8 heteroatoms. The summed E-state index contributed by atoms with van der Waals surface area (Å²) < 4.78 is 26.2. The summed E-state index contributed by atoms with van der Waals surface area (Å²) in [6, 6.07) is 14.1. The van der Waals surface area contributed by atoms with Crippen LogP contribution in [0.1, 0.15) is 22.8 Å². The molecule has 3 aromatic rings. The Balaban J connectivity index is 1.79. The van der Waals surface area contributed by atoms with Gasteiger partial charge in [-0.25, -0.2) is 8.42 Å². The van der Waals surface area contributed by atoms with Gasteiger partial charge in [-0.15, -0.1) is 23.1 Å². The zero-order valence-electron chi connectivity index (χ0n) is 14.8. The normalized spacial score (nSPS) is 16.5. The van der Waals surface area contributed by atoms with Crippen LogP contribution < -0.4 is 5.32 Å². The van der Waals surface area contributed by atoms with Crippen LogP contribution in [-0.4, -0.2) is 20.6 Å². The van der Waals surface area contributed by atoms with Crippen LogP contribution in [0.15, 0.2) is 68.6 Å². The first-order chi connectivity index (χ1) is 13.4. The molecule has 28 heavy (non-hydrogen) atoms. The number of hydrogen-bond donors (Lipinski definition) is 1. The number of amides is 1. The van der Waals surface area contributed by atoms with Gasteiger partial charge in [0.25, 0.3) is 0 Å². The number of fused-ring (bicyclic) bond motifs is 1. The fourth-order valence-electron chi connectivity index (χ4n) is 3.25. The Hall–Kier alpha value is -1.80. The second-order valence-corrected chi connectivity index (χ2v) is 10.5. The van der Waals surface area contributed by atoms with E-state index in [2.05, 4.69) is 5.32 Å². The predicted octanol–water partition coefficient (Wildman–Crippen LogP) is 5.43. The molecule has 1 aromatic heterocycles. The maximum Gasteiger partial charge on any atom is 0.225 e. The first-order valence-corrected chi connectivity index (χ1v) is 12.4. The van der Waals surface area contributed by atoms with E-state index < -0.39 is 9.84 Å². The Morgan fingerprint density at radius 3 is 2.43 bits per heavy atom. The number of thiophene rings is 1. The van der Waals surface area contributed by atoms with Crippen LogP contribution in [-0.2, 0) is 14.6 Å². The zero-order chi connectivity index (χ0) is 19.9. The maximum atomic E-state index is 13.1. The third-order valence-corrected chi connectivity index (χ3v) is 8.72. The lowest BCUT2D eigenvalue weighted by molar-refractivity contribution is -0.116. The van der Waals surface area contributed by atoms with Gasteiger partial charge >= 0.3 is 0 Å². The Kier molecular flexibility index (Phi) is 5.26. The van der Waals surface area contributed by atoms with E-state index in [1.165, 1.54) is 23.5 Å². The van der Waals surface area contributed by atoms with Crippen LogP contribution in [0.25, 0.3) is 0 Å². The van der Waals surface area contributed by atoms with Gasteiger partial charge in [0.2, 0.25) is 15.7 Å². The standard InChI is InChI=1S/C20H16ClNO3S3/c1-26-14-6-2-12(3-7-14)16-10-18(23)22-19-17(11-27-20(16)19)28(24,25)15-8-4-13(21)5-9-15/h2-9,11,16H,10H2,1H3,(H,22,23). The highest BCUT2D eigenvalue weighted by Gasteiger charge is 2.34. The van der Waals surface area contributed by atoms with Gasteiger partial charge in [0.15, 0.2) is 0 Å². The van der Waals surface area contributed by atoms with Crippen molar-refractivity contribution in [1.29, 1.82) is 0 Å². The Morgan fingerprint density at radius 1 is 1.11 bits per heavy atom. The van der Waals surface area contributed by atoms with Crippen molar-refractivity contribution in [3.8, 4) is 0 Å². The molecule has 2 aromatic carbocycles. The number of carbonyl (C=O) groups is 1. The predicted molar refractivity (Wildman–Crippen MR) is 115 cm³/mol. The van der Waals surface area contributed by atoms with Gasteiger partial charge in [-0.1, -0.05) is 23.7 Å². The molecule has 2 heterocycles. The first-order valence-electron chi connectivity index (χ1n) is 8.46. The summed E-state index contributed by atoms with van der Waals surface area (Å²) in [5.74, 6) is -0.337. The topological polar surface area (TPSA) is 63.2 Å². The van der Waals surface area contributed by atoms with Crippen LogP contribution in [0.5, 0.6) is 0 Å². The number of carbonyl (C=O) groups excluding carboxylic acids is 1. The third kappa shape index (κ3) is 3.48. The molecule has 1 aliphatic rings. The average molecular weight is 450 g/mol. The van der Waals surface area contributed by atoms with E-state index in [4.69, 9.17) is 11.6 Å². The van der Waals surface area contributed by atoms with Crippen LogP contribution in [0.2, 0.25) is 5.02 Å². The number of benzene rings is 2. The van der Waals surface area contributed by atoms with Crippen molar-refractivity contribution in [2.45, 2.75) is 27.0 Å². The molecule has 0 fully saturated rings. The number of thioether (sulfide) groups is 1. The monoisotopic (exact) mass is 449 g/mol. The summed E-state index contributed by atoms with van der Waals surface area (Å²) in [5, 5.41) is 4.86. The number of rotatable bonds is 4. The minimum Gasteiger partial charge on any atom is -0.324 e. The highest BCUT2D eigenvalue weighted by Crippen LogP contribution is 2.46. The number of hydrogen-bond acceptors (Lipinski definition) is 5. The maximum absolute atomic E-state index is 13.1. The Bertz CT molecular complexity index is 1140. The van der Waals surface area contributed by atoms with Crippen LogP contribution >= 0.6 is 34.7 Å². The van der Waals surface area contributed by atoms with E-state index in [0.29, 0.717) is 17.1 Å². The molecule has 1 amide bonds. The number of nitrogens with one attached hydrogen (secondary N) is 1. The number of halogens is 1. The fraction of sp³-hybridized carbons (Fsp3) is 0.150. The number of sulfone groups is 1. The molecule has 4 rings (SSSR count). The molecular formula is C20H16ClNO3S3. The molecule has 1 atom stereocenters. The molecule has 0 bridgehead atoms. The van der Waals surface area contributed by atoms with Crippen molar-refractivity contribution >= 4 is 56.1 Å². The van der Waals surface area contributed by atoms with Gasteiger partial charge in [0.1, 0.15) is 4.90 Å². The van der Waals surface area contributed by atoms with Crippen molar-refractivity contribution in [3.63, 3.8) is 0 Å². The van der Waals surface area contributed by atoms with Gasteiger partial charge < -0.3 is 5.32 Å². The number of anilines is 1. The highest BCUT2D eigenvalue weighted by molar-refractivity contribution is 7.98. The second kappa shape index (κ2) is 7.55. The lowest BCUT2D eigenvalue weighted by Gasteiger charge is -2.24. The van der Waals surface area contributed by atoms with Crippen molar-refractivity contribution in [1.82, 2.24) is 0 Å². The van der Waals surface area contributed by atoms with E-state index in [-0.39, 0.29) is 21.6 Å². The van der Waals surface area contributed by atoms with Crippen LogP contribution in [0.3, 0.4) is 0 Å². The molecule has 0 aliphatic carbocycles. The zero-order valence-corrected chi connectivity index (χ0v) is 18.0. The summed E-state index contributed by atoms with van der Waals surface area (Å²) in [7, 11) is -3.76. The second-order valence-electron chi connectivity index (χ2n) is 6.37. The quantitative estimate of drug-likeness (QED) is 0.539. The summed E-state index contributed by atoms with van der Waals surface area (Å²) in [5.41, 5.74) is 1.40. The van der Waals surface area contributed by atoms with E-state index >= 15 is 0 Å². The molecule has 1 aliphatic heterocycles. The molecule has 144 valence electrons.